The first-order chi connectivity index (χ1) is 13.0. The summed E-state index contributed by atoms with van der Waals surface area (Å²) in [7, 11) is 0. The number of hydrogen-bond acceptors (Lipinski definition) is 1. The van der Waals surface area contributed by atoms with Gasteiger partial charge < -0.3 is 24.8 Å². The summed E-state index contributed by atoms with van der Waals surface area (Å²) in [6, 6.07) is 23.1. The van der Waals surface area contributed by atoms with Crippen LogP contribution in [0.25, 0.3) is 27.4 Å². The molecule has 0 bridgehead atoms. The zero-order valence-electron chi connectivity index (χ0n) is 17.6. The SMILES string of the molecule is Cc1c[c-](C)c(C)c1C.[Cl-].[Cl-].[Zr+4].c1ccc2[cH-]c(-n3cc4ccccc4n3)cc2c1. The van der Waals surface area contributed by atoms with Gasteiger partial charge in [-0.3, -0.25) is 4.68 Å². The van der Waals surface area contributed by atoms with Crippen molar-refractivity contribution in [3.05, 3.63) is 95.2 Å². The summed E-state index contributed by atoms with van der Waals surface area (Å²) in [4.78, 5) is 0. The molecule has 0 saturated carbocycles. The second kappa shape index (κ2) is 11.1. The van der Waals surface area contributed by atoms with E-state index in [4.69, 9.17) is 0 Å². The summed E-state index contributed by atoms with van der Waals surface area (Å²) < 4.78 is 1.95. The molecule has 0 fully saturated rings. The number of aromatic nitrogens is 2. The van der Waals surface area contributed by atoms with Gasteiger partial charge >= 0.3 is 26.2 Å². The molecule has 2 nitrogen and oxygen atoms in total. The molecule has 0 aliphatic heterocycles. The van der Waals surface area contributed by atoms with Crippen LogP contribution in [0.3, 0.4) is 0 Å². The number of aryl methyl sites for hydroxylation is 2. The van der Waals surface area contributed by atoms with Crippen LogP contribution in [0.2, 0.25) is 0 Å². The van der Waals surface area contributed by atoms with Crippen LogP contribution in [-0.4, -0.2) is 9.78 Å². The van der Waals surface area contributed by atoms with Gasteiger partial charge in [-0.25, -0.2) is 0 Å². The third-order valence-corrected chi connectivity index (χ3v) is 5.46. The summed E-state index contributed by atoms with van der Waals surface area (Å²) in [5, 5.41) is 8.28. The number of benzene rings is 2. The Hall–Kier alpha value is -1.67. The zero-order valence-corrected chi connectivity index (χ0v) is 21.5. The van der Waals surface area contributed by atoms with Crippen LogP contribution < -0.4 is 24.8 Å². The molecule has 0 aliphatic carbocycles. The predicted octanol–water partition coefficient (Wildman–Crippen LogP) is 0.542. The third kappa shape index (κ3) is 5.33. The molecule has 0 amide bonds. The summed E-state index contributed by atoms with van der Waals surface area (Å²) in [5.41, 5.74) is 7.89. The summed E-state index contributed by atoms with van der Waals surface area (Å²) in [6.07, 6.45) is 2.07. The van der Waals surface area contributed by atoms with Crippen LogP contribution in [0.15, 0.2) is 72.9 Å². The number of fused-ring (bicyclic) bond motifs is 2. The normalized spacial score (nSPS) is 9.87. The van der Waals surface area contributed by atoms with Crippen molar-refractivity contribution >= 4 is 21.7 Å². The average molecular weight is 515 g/mol. The molecule has 1 aromatic heterocycles. The summed E-state index contributed by atoms with van der Waals surface area (Å²) >= 11 is 0. The number of rotatable bonds is 1. The zero-order chi connectivity index (χ0) is 19.0. The maximum atomic E-state index is 4.59. The Morgan fingerprint density at radius 3 is 2.07 bits per heavy atom. The van der Waals surface area contributed by atoms with E-state index >= 15 is 0 Å². The monoisotopic (exact) mass is 512 g/mol. The largest absolute Gasteiger partial charge is 4.00 e. The molecule has 0 atom stereocenters. The maximum absolute atomic E-state index is 4.59. The van der Waals surface area contributed by atoms with E-state index in [1.807, 2.05) is 22.9 Å². The minimum atomic E-state index is 0. The van der Waals surface area contributed by atoms with E-state index in [9.17, 15) is 0 Å². The minimum Gasteiger partial charge on any atom is -1.00 e. The quantitative estimate of drug-likeness (QED) is 0.299. The van der Waals surface area contributed by atoms with Crippen molar-refractivity contribution < 1.29 is 51.0 Å². The van der Waals surface area contributed by atoms with E-state index < -0.39 is 0 Å². The van der Waals surface area contributed by atoms with Gasteiger partial charge in [0.25, 0.3) is 0 Å². The van der Waals surface area contributed by atoms with Crippen molar-refractivity contribution in [3.63, 3.8) is 0 Å². The maximum Gasteiger partial charge on any atom is 4.00 e. The van der Waals surface area contributed by atoms with E-state index in [2.05, 4.69) is 87.5 Å². The summed E-state index contributed by atoms with van der Waals surface area (Å²) in [5.74, 6) is 0. The van der Waals surface area contributed by atoms with Crippen LogP contribution in [0.5, 0.6) is 0 Å². The van der Waals surface area contributed by atoms with E-state index in [1.165, 1.54) is 38.4 Å². The molecule has 5 aromatic rings. The summed E-state index contributed by atoms with van der Waals surface area (Å²) in [6.45, 7) is 8.68. The first-order valence-electron chi connectivity index (χ1n) is 9.33. The molecule has 0 unspecified atom stereocenters. The van der Waals surface area contributed by atoms with Crippen molar-refractivity contribution in [2.75, 3.05) is 0 Å². The Morgan fingerprint density at radius 2 is 1.53 bits per heavy atom. The first-order valence-corrected chi connectivity index (χ1v) is 9.33. The van der Waals surface area contributed by atoms with Crippen molar-refractivity contribution in [1.29, 1.82) is 0 Å². The van der Waals surface area contributed by atoms with E-state index in [1.54, 1.807) is 0 Å². The molecule has 5 rings (SSSR count). The van der Waals surface area contributed by atoms with Crippen molar-refractivity contribution in [2.24, 2.45) is 0 Å². The second-order valence-corrected chi connectivity index (χ2v) is 7.24. The Bertz CT molecular complexity index is 1070. The number of halogens is 2. The number of nitrogens with zero attached hydrogens (tertiary/aromatic N) is 2. The fraction of sp³-hybridized carbons (Fsp3) is 0.160. The van der Waals surface area contributed by atoms with Gasteiger partial charge in [0.05, 0.1) is 5.52 Å². The van der Waals surface area contributed by atoms with Crippen LogP contribution >= 0.6 is 0 Å². The van der Waals surface area contributed by atoms with Crippen LogP contribution in [0.4, 0.5) is 0 Å². The average Bonchev–Trinajstić information content (AvgIpc) is 3.35. The minimum absolute atomic E-state index is 0. The smallest absolute Gasteiger partial charge is 1.00 e. The van der Waals surface area contributed by atoms with Gasteiger partial charge in [0.1, 0.15) is 0 Å². The van der Waals surface area contributed by atoms with Gasteiger partial charge in [0.2, 0.25) is 0 Å². The Morgan fingerprint density at radius 1 is 0.900 bits per heavy atom. The fourth-order valence-electron chi connectivity index (χ4n) is 3.50. The molecular weight excluding hydrogens is 490 g/mol. The molecule has 4 aromatic carbocycles. The second-order valence-electron chi connectivity index (χ2n) is 7.24. The molecule has 0 aliphatic rings. The molecule has 0 radical (unpaired) electrons. The van der Waals surface area contributed by atoms with E-state index in [0.29, 0.717) is 0 Å². The van der Waals surface area contributed by atoms with Crippen molar-refractivity contribution in [3.8, 4) is 5.69 Å². The van der Waals surface area contributed by atoms with Gasteiger partial charge in [-0.15, -0.1) is 41.1 Å². The van der Waals surface area contributed by atoms with Gasteiger partial charge in [-0.05, 0) is 11.8 Å². The van der Waals surface area contributed by atoms with Gasteiger partial charge in [0, 0.05) is 11.6 Å². The van der Waals surface area contributed by atoms with Gasteiger partial charge in [0.15, 0.2) is 0 Å². The van der Waals surface area contributed by atoms with Gasteiger partial charge in [-0.1, -0.05) is 52.0 Å². The van der Waals surface area contributed by atoms with Crippen molar-refractivity contribution in [2.45, 2.75) is 27.7 Å². The Kier molecular flexibility index (Phi) is 9.75. The van der Waals surface area contributed by atoms with Crippen molar-refractivity contribution in [1.82, 2.24) is 9.78 Å². The molecule has 0 spiro atoms. The molecule has 0 saturated heterocycles. The number of hydrogen-bond donors (Lipinski definition) is 0. The Labute approximate surface area is 210 Å². The molecule has 152 valence electrons. The van der Waals surface area contributed by atoms with E-state index in [-0.39, 0.29) is 51.0 Å². The van der Waals surface area contributed by atoms with Crippen LogP contribution in [0, 0.1) is 27.7 Å². The Balaban J connectivity index is 0.000000327. The molecule has 0 N–H and O–H groups in total. The van der Waals surface area contributed by atoms with Gasteiger partial charge in [-0.2, -0.15) is 33.4 Å². The topological polar surface area (TPSA) is 17.8 Å². The standard InChI is InChI=1S/C16H11N2.C9H13.2ClH.Zr/c1-2-6-13-10-15(9-12(13)5-1)18-11-14-7-3-4-8-16(14)17-18;1-6-5-7(2)9(4)8(6)3;;;/h1-11H;5H,1-4H3;2*1H;/q2*-1;;;+4/p-2. The fourth-order valence-corrected chi connectivity index (χ4v) is 3.50. The van der Waals surface area contributed by atoms with Crippen LogP contribution in [-0.2, 0) is 26.2 Å². The predicted molar refractivity (Wildman–Crippen MR) is 115 cm³/mol. The van der Waals surface area contributed by atoms with E-state index in [0.717, 1.165) is 11.2 Å². The molecule has 30 heavy (non-hydrogen) atoms. The molecule has 1 heterocycles. The molecule has 5 heteroatoms. The first kappa shape index (κ1) is 26.4. The van der Waals surface area contributed by atoms with Crippen LogP contribution in [0.1, 0.15) is 22.3 Å². The molecular formula is C25H24Cl2N2Zr. The third-order valence-electron chi connectivity index (χ3n) is 5.46.